The van der Waals surface area contributed by atoms with Gasteiger partial charge >= 0.3 is 0 Å². The molecule has 0 aliphatic carbocycles. The summed E-state index contributed by atoms with van der Waals surface area (Å²) in [6, 6.07) is 6.79. The Kier molecular flexibility index (Phi) is 3.05. The van der Waals surface area contributed by atoms with Crippen LogP contribution in [0.5, 0.6) is 0 Å². The SMILES string of the molecule is Cc1cc(NC(=O)c2ccc(Br)o2)ccn1. The van der Waals surface area contributed by atoms with Gasteiger partial charge in [0.05, 0.1) is 0 Å². The summed E-state index contributed by atoms with van der Waals surface area (Å²) >= 11 is 3.14. The number of aromatic nitrogens is 1. The molecule has 0 saturated carbocycles. The third-order valence-corrected chi connectivity index (χ3v) is 2.38. The van der Waals surface area contributed by atoms with Crippen molar-refractivity contribution in [3.63, 3.8) is 0 Å². The van der Waals surface area contributed by atoms with E-state index in [2.05, 4.69) is 26.2 Å². The lowest BCUT2D eigenvalue weighted by atomic mass is 10.3. The Labute approximate surface area is 101 Å². The van der Waals surface area contributed by atoms with Crippen LogP contribution >= 0.6 is 15.9 Å². The predicted octanol–water partition coefficient (Wildman–Crippen LogP) is 3.00. The Morgan fingerprint density at radius 2 is 2.25 bits per heavy atom. The lowest BCUT2D eigenvalue weighted by molar-refractivity contribution is 0.0995. The van der Waals surface area contributed by atoms with E-state index >= 15 is 0 Å². The molecule has 4 nitrogen and oxygen atoms in total. The van der Waals surface area contributed by atoms with E-state index in [0.717, 1.165) is 5.69 Å². The van der Waals surface area contributed by atoms with Gasteiger partial charge in [-0.25, -0.2) is 0 Å². The molecule has 2 rings (SSSR count). The summed E-state index contributed by atoms with van der Waals surface area (Å²) in [6.45, 7) is 1.86. The zero-order chi connectivity index (χ0) is 11.5. The summed E-state index contributed by atoms with van der Waals surface area (Å²) in [5.41, 5.74) is 1.54. The minimum absolute atomic E-state index is 0.265. The minimum atomic E-state index is -0.281. The van der Waals surface area contributed by atoms with E-state index in [1.54, 1.807) is 30.5 Å². The number of furan rings is 1. The fourth-order valence-electron chi connectivity index (χ4n) is 1.25. The first-order valence-electron chi connectivity index (χ1n) is 4.64. The van der Waals surface area contributed by atoms with Gasteiger partial charge in [-0.15, -0.1) is 0 Å². The Morgan fingerprint density at radius 3 is 2.88 bits per heavy atom. The molecule has 0 aromatic carbocycles. The van der Waals surface area contributed by atoms with Crippen LogP contribution in [0.15, 0.2) is 39.5 Å². The maximum Gasteiger partial charge on any atom is 0.291 e. The van der Waals surface area contributed by atoms with Crippen molar-refractivity contribution in [1.29, 1.82) is 0 Å². The van der Waals surface area contributed by atoms with Crippen LogP contribution in [0, 0.1) is 6.92 Å². The number of halogens is 1. The lowest BCUT2D eigenvalue weighted by Crippen LogP contribution is -2.10. The van der Waals surface area contributed by atoms with Crippen molar-refractivity contribution in [2.45, 2.75) is 6.92 Å². The second kappa shape index (κ2) is 4.49. The molecule has 1 amide bonds. The first kappa shape index (κ1) is 10.9. The van der Waals surface area contributed by atoms with Gasteiger partial charge in [0.2, 0.25) is 0 Å². The number of carbonyl (C=O) groups excluding carboxylic acids is 1. The monoisotopic (exact) mass is 280 g/mol. The quantitative estimate of drug-likeness (QED) is 0.920. The highest BCUT2D eigenvalue weighted by molar-refractivity contribution is 9.10. The van der Waals surface area contributed by atoms with Gasteiger partial charge in [0, 0.05) is 17.6 Å². The Hall–Kier alpha value is -1.62. The van der Waals surface area contributed by atoms with Crippen molar-refractivity contribution < 1.29 is 9.21 Å². The number of anilines is 1. The summed E-state index contributed by atoms with van der Waals surface area (Å²) < 4.78 is 5.67. The first-order chi connectivity index (χ1) is 7.65. The molecule has 2 aromatic rings. The molecule has 82 valence electrons. The molecule has 0 aliphatic heterocycles. The summed E-state index contributed by atoms with van der Waals surface area (Å²) in [4.78, 5) is 15.7. The van der Waals surface area contributed by atoms with Crippen LogP contribution in [0.1, 0.15) is 16.2 Å². The van der Waals surface area contributed by atoms with E-state index < -0.39 is 0 Å². The Morgan fingerprint density at radius 1 is 1.44 bits per heavy atom. The zero-order valence-electron chi connectivity index (χ0n) is 8.53. The molecule has 0 aliphatic rings. The van der Waals surface area contributed by atoms with E-state index in [-0.39, 0.29) is 11.7 Å². The average Bonchev–Trinajstić information content (AvgIpc) is 2.65. The van der Waals surface area contributed by atoms with Crippen molar-refractivity contribution in [2.24, 2.45) is 0 Å². The fraction of sp³-hybridized carbons (Fsp3) is 0.0909. The molecular formula is C11H9BrN2O2. The van der Waals surface area contributed by atoms with Crippen molar-refractivity contribution in [2.75, 3.05) is 5.32 Å². The molecule has 0 radical (unpaired) electrons. The highest BCUT2D eigenvalue weighted by Crippen LogP contribution is 2.16. The van der Waals surface area contributed by atoms with E-state index in [4.69, 9.17) is 4.42 Å². The van der Waals surface area contributed by atoms with E-state index in [1.807, 2.05) is 6.92 Å². The van der Waals surface area contributed by atoms with Crippen molar-refractivity contribution >= 4 is 27.5 Å². The molecule has 0 unspecified atom stereocenters. The van der Waals surface area contributed by atoms with Gasteiger partial charge in [0.1, 0.15) is 0 Å². The molecule has 2 aromatic heterocycles. The summed E-state index contributed by atoms with van der Waals surface area (Å²) in [5, 5.41) is 2.72. The summed E-state index contributed by atoms with van der Waals surface area (Å²) in [6.07, 6.45) is 1.64. The average molecular weight is 281 g/mol. The highest BCUT2D eigenvalue weighted by atomic mass is 79.9. The zero-order valence-corrected chi connectivity index (χ0v) is 10.1. The Bertz CT molecular complexity index is 522. The predicted molar refractivity (Wildman–Crippen MR) is 63.3 cm³/mol. The summed E-state index contributed by atoms with van der Waals surface area (Å²) in [5.74, 6) is -0.0161. The Balaban J connectivity index is 2.13. The molecule has 0 fully saturated rings. The molecule has 0 atom stereocenters. The van der Waals surface area contributed by atoms with Crippen LogP contribution in [0.25, 0.3) is 0 Å². The largest absolute Gasteiger partial charge is 0.444 e. The summed E-state index contributed by atoms with van der Waals surface area (Å²) in [7, 11) is 0. The molecule has 16 heavy (non-hydrogen) atoms. The number of pyridine rings is 1. The third-order valence-electron chi connectivity index (χ3n) is 1.95. The van der Waals surface area contributed by atoms with Crippen LogP contribution < -0.4 is 5.32 Å². The smallest absolute Gasteiger partial charge is 0.291 e. The van der Waals surface area contributed by atoms with Gasteiger partial charge in [-0.2, -0.15) is 0 Å². The molecule has 0 saturated heterocycles. The topological polar surface area (TPSA) is 55.1 Å². The second-order valence-corrected chi connectivity index (χ2v) is 4.03. The standard InChI is InChI=1S/C11H9BrN2O2/c1-7-6-8(4-5-13-7)14-11(15)9-2-3-10(12)16-9/h2-6H,1H3,(H,13,14,15). The number of hydrogen-bond acceptors (Lipinski definition) is 3. The minimum Gasteiger partial charge on any atom is -0.444 e. The van der Waals surface area contributed by atoms with Crippen LogP contribution in [-0.2, 0) is 0 Å². The van der Waals surface area contributed by atoms with Crippen molar-refractivity contribution in [1.82, 2.24) is 4.98 Å². The van der Waals surface area contributed by atoms with Gasteiger partial charge in [0.25, 0.3) is 5.91 Å². The second-order valence-electron chi connectivity index (χ2n) is 3.24. The maximum atomic E-state index is 11.7. The van der Waals surface area contributed by atoms with Crippen LogP contribution in [-0.4, -0.2) is 10.9 Å². The van der Waals surface area contributed by atoms with Gasteiger partial charge < -0.3 is 9.73 Å². The molecule has 2 heterocycles. The first-order valence-corrected chi connectivity index (χ1v) is 5.44. The number of nitrogens with zero attached hydrogens (tertiary/aromatic N) is 1. The highest BCUT2D eigenvalue weighted by Gasteiger charge is 2.10. The number of carbonyl (C=O) groups is 1. The van der Waals surface area contributed by atoms with Gasteiger partial charge in [0.15, 0.2) is 10.4 Å². The van der Waals surface area contributed by atoms with E-state index in [1.165, 1.54) is 0 Å². The van der Waals surface area contributed by atoms with Crippen molar-refractivity contribution in [3.05, 3.63) is 46.6 Å². The van der Waals surface area contributed by atoms with Crippen LogP contribution in [0.3, 0.4) is 0 Å². The third kappa shape index (κ3) is 2.49. The molecule has 0 spiro atoms. The van der Waals surface area contributed by atoms with Gasteiger partial charge in [-0.05, 0) is 47.1 Å². The number of hydrogen-bond donors (Lipinski definition) is 1. The molecular weight excluding hydrogens is 272 g/mol. The number of amides is 1. The lowest BCUT2D eigenvalue weighted by Gasteiger charge is -2.02. The number of aryl methyl sites for hydroxylation is 1. The number of nitrogens with one attached hydrogen (secondary N) is 1. The number of rotatable bonds is 2. The molecule has 5 heteroatoms. The fourth-order valence-corrected chi connectivity index (χ4v) is 1.56. The van der Waals surface area contributed by atoms with E-state index in [0.29, 0.717) is 10.4 Å². The molecule has 1 N–H and O–H groups in total. The van der Waals surface area contributed by atoms with Crippen LogP contribution in [0.4, 0.5) is 5.69 Å². The van der Waals surface area contributed by atoms with Gasteiger partial charge in [-0.3, -0.25) is 9.78 Å². The van der Waals surface area contributed by atoms with Crippen LogP contribution in [0.2, 0.25) is 0 Å². The van der Waals surface area contributed by atoms with Crippen molar-refractivity contribution in [3.8, 4) is 0 Å². The molecule has 0 bridgehead atoms. The van der Waals surface area contributed by atoms with E-state index in [9.17, 15) is 4.79 Å². The van der Waals surface area contributed by atoms with Gasteiger partial charge in [-0.1, -0.05) is 0 Å². The maximum absolute atomic E-state index is 11.7. The normalized spacial score (nSPS) is 10.1.